The first-order valence-electron chi connectivity index (χ1n) is 49.6. The third kappa shape index (κ3) is 77.2. The molecule has 0 radical (unpaired) electrons. The van der Waals surface area contributed by atoms with Crippen LogP contribution in [0.25, 0.3) is 0 Å². The number of likely N-dealkylation sites (N-methyl/N-ethyl adjacent to an activating group) is 1. The standard InChI is InChI=1S/C24H28N2.C15H34N2.C12H28N2.C10H24N4.C9H22N2.C8H21N3.C8H12N2.C6H16N2O2.C6H14N2.C3H10N2/c1-23(2,17-8-12-21(25)13-9-17)19-6-5-7-20(16-19)24(3,4)18-10-14-22(26)15-11-18;1-5-15(4)13-17-11-9-7-6-8-10-16-12-14(2)3;13-11-9-7-5-3-1-2-4-6-8-10-12-14;11-3-1-5-13-7-9-14(10-8-13)6-2-4-12;1-8(7-11)6-9(2,3)4-5-10;1-3-11(4-2)8-7-10-6-5-9;9-5-7-2-1-3-8(4-7)6-10;9-5-3-7-1-2-8-4-6-10;7-5-1-2-6(8)4-3-5;4-2-1-3-5/h5-16H,25-26H2,1-4H3;14-17H,5-13H2,1-4H3;1-14H2;1-12H2;8H,4-7,10-11H2,1-3H3;10H,3-9H2,1-2H3;1-4H,5-6,9-10H2;7-10H,1-6H2;5-6H,1-4,7-8H2;1-5H2. The summed E-state index contributed by atoms with van der Waals surface area (Å²) in [5.74, 6) is 2.23. The number of nitrogens with one attached hydrogen (secondary N) is 5. The summed E-state index contributed by atoms with van der Waals surface area (Å²) < 4.78 is 0. The molecular formula is C101H209N23O2. The van der Waals surface area contributed by atoms with Crippen molar-refractivity contribution in [2.24, 2.45) is 97.7 Å². The summed E-state index contributed by atoms with van der Waals surface area (Å²) in [7, 11) is 0. The van der Waals surface area contributed by atoms with Crippen LogP contribution in [0.1, 0.15) is 277 Å². The molecule has 2 unspecified atom stereocenters. The van der Waals surface area contributed by atoms with Crippen LogP contribution in [-0.2, 0) is 23.9 Å². The Bertz CT molecular complexity index is 2700. The average molecular weight is 1780 g/mol. The molecule has 1 heterocycles. The van der Waals surface area contributed by atoms with Gasteiger partial charge in [-0.2, -0.15) is 0 Å². The summed E-state index contributed by atoms with van der Waals surface area (Å²) in [6.45, 7) is 58.0. The van der Waals surface area contributed by atoms with Crippen LogP contribution in [0.4, 0.5) is 11.4 Å². The van der Waals surface area contributed by atoms with E-state index >= 15 is 0 Å². The van der Waals surface area contributed by atoms with E-state index in [0.717, 1.165) is 197 Å². The molecule has 740 valence electrons. The molecule has 37 N–H and O–H groups in total. The van der Waals surface area contributed by atoms with Crippen LogP contribution in [0, 0.1) is 23.2 Å². The number of aliphatic hydroxyl groups excluding tert-OH is 2. The molecule has 1 aliphatic heterocycles. The minimum Gasteiger partial charge on any atom is -0.399 e. The van der Waals surface area contributed by atoms with Crippen molar-refractivity contribution < 1.29 is 10.2 Å². The number of piperazine rings is 1. The first kappa shape index (κ1) is 128. The lowest BCUT2D eigenvalue weighted by molar-refractivity contribution is 0.131. The van der Waals surface area contributed by atoms with E-state index in [1.807, 2.05) is 48.5 Å². The lowest BCUT2D eigenvalue weighted by atomic mass is 9.73. The van der Waals surface area contributed by atoms with E-state index in [4.69, 9.17) is 96.2 Å². The van der Waals surface area contributed by atoms with Gasteiger partial charge in [0.1, 0.15) is 0 Å². The second-order valence-electron chi connectivity index (χ2n) is 36.5. The molecule has 4 aromatic rings. The zero-order valence-electron chi connectivity index (χ0n) is 83.6. The second kappa shape index (κ2) is 89.8. The molecule has 1 saturated heterocycles. The Morgan fingerprint density at radius 2 is 0.762 bits per heavy atom. The van der Waals surface area contributed by atoms with Gasteiger partial charge in [0.25, 0.3) is 0 Å². The fourth-order valence-corrected chi connectivity index (χ4v) is 14.0. The molecule has 126 heavy (non-hydrogen) atoms. The molecule has 1 saturated carbocycles. The summed E-state index contributed by atoms with van der Waals surface area (Å²) >= 11 is 0. The van der Waals surface area contributed by atoms with Crippen LogP contribution in [0.2, 0.25) is 0 Å². The van der Waals surface area contributed by atoms with E-state index in [0.29, 0.717) is 49.6 Å². The first-order valence-corrected chi connectivity index (χ1v) is 49.6. The van der Waals surface area contributed by atoms with Gasteiger partial charge in [-0.25, -0.2) is 0 Å². The lowest BCUT2D eigenvalue weighted by Crippen LogP contribution is -2.47. The average Bonchev–Trinajstić information content (AvgIpc) is 0.777. The number of unbranched alkanes of at least 4 members (excludes halogenated alkanes) is 12. The molecule has 1 aliphatic carbocycles. The van der Waals surface area contributed by atoms with Crippen LogP contribution in [-0.4, -0.2) is 233 Å². The van der Waals surface area contributed by atoms with E-state index in [9.17, 15) is 0 Å². The number of rotatable bonds is 56. The molecule has 0 amide bonds. The molecule has 0 spiro atoms. The van der Waals surface area contributed by atoms with Crippen molar-refractivity contribution in [2.45, 2.75) is 280 Å². The van der Waals surface area contributed by atoms with Crippen LogP contribution in [0.3, 0.4) is 0 Å². The van der Waals surface area contributed by atoms with Gasteiger partial charge in [-0.1, -0.05) is 233 Å². The Balaban J connectivity index is -0.000000675. The summed E-state index contributed by atoms with van der Waals surface area (Å²) in [6, 6.07) is 34.1. The highest BCUT2D eigenvalue weighted by molar-refractivity contribution is 5.49. The van der Waals surface area contributed by atoms with Gasteiger partial charge in [0, 0.05) is 126 Å². The Morgan fingerprint density at radius 3 is 1.10 bits per heavy atom. The van der Waals surface area contributed by atoms with Crippen molar-refractivity contribution in [3.63, 3.8) is 0 Å². The van der Waals surface area contributed by atoms with Gasteiger partial charge in [-0.3, -0.25) is 0 Å². The monoisotopic (exact) mass is 1780 g/mol. The van der Waals surface area contributed by atoms with Crippen LogP contribution in [0.5, 0.6) is 0 Å². The molecule has 4 aromatic carbocycles. The molecule has 25 nitrogen and oxygen atoms in total. The van der Waals surface area contributed by atoms with E-state index in [-0.39, 0.29) is 24.0 Å². The van der Waals surface area contributed by atoms with Crippen molar-refractivity contribution in [1.29, 1.82) is 0 Å². The minimum absolute atomic E-state index is 0.0963. The molecule has 6 rings (SSSR count). The smallest absolute Gasteiger partial charge is 0.0555 e. The van der Waals surface area contributed by atoms with Gasteiger partial charge in [0.2, 0.25) is 0 Å². The van der Waals surface area contributed by atoms with Gasteiger partial charge < -0.3 is 138 Å². The number of hydrogen-bond donors (Lipinski definition) is 22. The maximum atomic E-state index is 8.35. The van der Waals surface area contributed by atoms with Gasteiger partial charge in [0.05, 0.1) is 13.2 Å². The second-order valence-corrected chi connectivity index (χ2v) is 36.5. The molecule has 0 bridgehead atoms. The number of nitrogen functional groups attached to an aromatic ring is 2. The van der Waals surface area contributed by atoms with Gasteiger partial charge >= 0.3 is 0 Å². The van der Waals surface area contributed by atoms with E-state index in [2.05, 4.69) is 180 Å². The molecule has 2 aliphatic rings. The van der Waals surface area contributed by atoms with Crippen molar-refractivity contribution in [3.05, 3.63) is 130 Å². The number of benzene rings is 4. The van der Waals surface area contributed by atoms with Gasteiger partial charge in [0.15, 0.2) is 0 Å². The van der Waals surface area contributed by atoms with E-state index in [1.165, 1.54) is 184 Å². The Kier molecular flexibility index (Phi) is 91.1. The number of nitrogens with two attached hydrogens (primary N) is 15. The van der Waals surface area contributed by atoms with Crippen molar-refractivity contribution in [1.82, 2.24) is 41.3 Å². The minimum atomic E-state index is -0.0963. The zero-order valence-corrected chi connectivity index (χ0v) is 83.6. The quantitative estimate of drug-likeness (QED) is 0.0144. The zero-order chi connectivity index (χ0) is 95.2. The number of nitrogens with zero attached hydrogens (tertiary/aromatic N) is 3. The van der Waals surface area contributed by atoms with Crippen LogP contribution in [0.15, 0.2) is 97.1 Å². The Hall–Kier alpha value is -4.44. The highest BCUT2D eigenvalue weighted by atomic mass is 16.3. The normalized spacial score (nSPS) is 14.4. The largest absolute Gasteiger partial charge is 0.399 e. The maximum Gasteiger partial charge on any atom is 0.0555 e. The van der Waals surface area contributed by atoms with Gasteiger partial charge in [-0.15, -0.1) is 0 Å². The van der Waals surface area contributed by atoms with Crippen molar-refractivity contribution in [2.75, 3.05) is 208 Å². The predicted molar refractivity (Wildman–Crippen MR) is 555 cm³/mol. The molecule has 2 atom stereocenters. The third-order valence-corrected chi connectivity index (χ3v) is 22.9. The summed E-state index contributed by atoms with van der Waals surface area (Å²) in [4.78, 5) is 7.40. The fraction of sp³-hybridized carbons (Fsp3) is 0.762. The molecule has 25 heteroatoms. The topological polar surface area (TPSA) is 501 Å². The fourth-order valence-electron chi connectivity index (χ4n) is 14.0. The summed E-state index contributed by atoms with van der Waals surface area (Å²) in [6.07, 6.45) is 30.1. The third-order valence-electron chi connectivity index (χ3n) is 22.9. The summed E-state index contributed by atoms with van der Waals surface area (Å²) in [5, 5.41) is 33.0. The molecule has 2 fully saturated rings. The highest BCUT2D eigenvalue weighted by Crippen LogP contribution is 2.37. The Morgan fingerprint density at radius 1 is 0.389 bits per heavy atom. The van der Waals surface area contributed by atoms with Crippen LogP contribution < -0.4 is 113 Å². The van der Waals surface area contributed by atoms with Crippen LogP contribution >= 0.6 is 0 Å². The highest BCUT2D eigenvalue weighted by Gasteiger charge is 2.28. The lowest BCUT2D eigenvalue weighted by Gasteiger charge is -2.34. The molecule has 0 aromatic heterocycles. The SMILES string of the molecule is CC(C)(c1ccc(N)cc1)c1cccc(C(C)(C)c2ccc(N)cc2)c1.CC(CN)CC(C)(C)CCN.CCC(C)CNCCCCCCNCC(C)C.CCN(CC)CCNCCN.NC1CCC(N)CC1.NCCCCCCCCCCCCN.NCCCN.NCCCN1CCN(CCCN)CC1.NCc1cccc(CN)c1.OCCNCCNCCO. The van der Waals surface area contributed by atoms with Gasteiger partial charge in [-0.05, 0) is 269 Å². The number of anilines is 2. The first-order chi connectivity index (χ1) is 60.5. The van der Waals surface area contributed by atoms with Crippen molar-refractivity contribution in [3.8, 4) is 0 Å². The predicted octanol–water partition coefficient (Wildman–Crippen LogP) is 10.5. The number of aliphatic hydroxyl groups is 2. The summed E-state index contributed by atoms with van der Waals surface area (Å²) in [5.41, 5.74) is 91.3. The number of hydrogen-bond acceptors (Lipinski definition) is 25. The van der Waals surface area contributed by atoms with E-state index in [1.54, 1.807) is 0 Å². The van der Waals surface area contributed by atoms with Crippen molar-refractivity contribution >= 4 is 11.4 Å². The Labute approximate surface area is 774 Å². The molecular weight excluding hydrogens is 1570 g/mol. The van der Waals surface area contributed by atoms with E-state index < -0.39 is 0 Å². The maximum absolute atomic E-state index is 8.35.